The van der Waals surface area contributed by atoms with Crippen LogP contribution in [0, 0.1) is 0 Å². The van der Waals surface area contributed by atoms with Gasteiger partial charge in [0.1, 0.15) is 0 Å². The van der Waals surface area contributed by atoms with Crippen LogP contribution in [0.2, 0.25) is 0 Å². The molecule has 0 aromatic heterocycles. The molecular weight excluding hydrogens is 226 g/mol. The quantitative estimate of drug-likeness (QED) is 0.704. The van der Waals surface area contributed by atoms with Crippen LogP contribution in [0.3, 0.4) is 0 Å². The lowest BCUT2D eigenvalue weighted by Crippen LogP contribution is -2.43. The molecule has 0 aliphatic carbocycles. The molecule has 1 N–H and O–H groups in total. The molecule has 5 heteroatoms. The minimum absolute atomic E-state index is 0.0373. The van der Waals surface area contributed by atoms with Crippen LogP contribution in [0.4, 0.5) is 0 Å². The molecule has 0 amide bonds. The fraction of sp³-hybridized carbons (Fsp3) is 1.00. The van der Waals surface area contributed by atoms with Crippen LogP contribution < -0.4 is 5.32 Å². The molecule has 1 atom stereocenters. The van der Waals surface area contributed by atoms with Gasteiger partial charge in [0.25, 0.3) is 0 Å². The van der Waals surface area contributed by atoms with Gasteiger partial charge < -0.3 is 10.1 Å². The predicted molar refractivity (Wildman–Crippen MR) is 67.5 cm³/mol. The summed E-state index contributed by atoms with van der Waals surface area (Å²) in [4.78, 5) is 0. The highest BCUT2D eigenvalue weighted by molar-refractivity contribution is 7.91. The lowest BCUT2D eigenvalue weighted by atomic mass is 10.1. The van der Waals surface area contributed by atoms with E-state index in [9.17, 15) is 8.42 Å². The number of nitrogens with one attached hydrogen (secondary N) is 1. The standard InChI is InChI=1S/C11H25NO3S/c1-6-15-11(4,5)9-12-10(3)8-16(13,14)7-2/h10,12H,6-9H2,1-5H3. The summed E-state index contributed by atoms with van der Waals surface area (Å²) in [7, 11) is -2.90. The van der Waals surface area contributed by atoms with E-state index in [1.165, 1.54) is 0 Å². The summed E-state index contributed by atoms with van der Waals surface area (Å²) in [6.45, 7) is 10.8. The molecule has 98 valence electrons. The summed E-state index contributed by atoms with van der Waals surface area (Å²) in [6.07, 6.45) is 0. The lowest BCUT2D eigenvalue weighted by molar-refractivity contribution is -0.00989. The van der Waals surface area contributed by atoms with E-state index < -0.39 is 9.84 Å². The number of hydrogen-bond acceptors (Lipinski definition) is 4. The fourth-order valence-electron chi connectivity index (χ4n) is 1.42. The normalized spacial score (nSPS) is 15.1. The van der Waals surface area contributed by atoms with Gasteiger partial charge >= 0.3 is 0 Å². The van der Waals surface area contributed by atoms with Gasteiger partial charge in [0.2, 0.25) is 0 Å². The van der Waals surface area contributed by atoms with Gasteiger partial charge in [-0.2, -0.15) is 0 Å². The summed E-state index contributed by atoms with van der Waals surface area (Å²) < 4.78 is 28.3. The van der Waals surface area contributed by atoms with Crippen LogP contribution >= 0.6 is 0 Å². The smallest absolute Gasteiger partial charge is 0.151 e. The van der Waals surface area contributed by atoms with Crippen LogP contribution in [-0.4, -0.2) is 44.7 Å². The molecule has 4 nitrogen and oxygen atoms in total. The average molecular weight is 251 g/mol. The average Bonchev–Trinajstić information content (AvgIpc) is 2.14. The van der Waals surface area contributed by atoms with E-state index in [0.717, 1.165) is 0 Å². The molecule has 0 saturated carbocycles. The molecule has 0 radical (unpaired) electrons. The molecular formula is C11H25NO3S. The highest BCUT2D eigenvalue weighted by Gasteiger charge is 2.20. The monoisotopic (exact) mass is 251 g/mol. The molecule has 0 saturated heterocycles. The van der Waals surface area contributed by atoms with Crippen molar-refractivity contribution in [3.05, 3.63) is 0 Å². The molecule has 0 fully saturated rings. The van der Waals surface area contributed by atoms with E-state index in [1.807, 2.05) is 27.7 Å². The molecule has 0 spiro atoms. The van der Waals surface area contributed by atoms with E-state index >= 15 is 0 Å². The SMILES string of the molecule is CCOC(C)(C)CNC(C)CS(=O)(=O)CC. The van der Waals surface area contributed by atoms with Crippen molar-refractivity contribution in [3.8, 4) is 0 Å². The number of rotatable bonds is 8. The second-order valence-corrected chi connectivity index (χ2v) is 7.07. The Morgan fingerprint density at radius 1 is 1.31 bits per heavy atom. The molecule has 16 heavy (non-hydrogen) atoms. The van der Waals surface area contributed by atoms with E-state index in [2.05, 4.69) is 5.32 Å². The molecule has 0 heterocycles. The van der Waals surface area contributed by atoms with E-state index in [4.69, 9.17) is 4.74 Å². The fourth-order valence-corrected chi connectivity index (χ4v) is 2.53. The predicted octanol–water partition coefficient (Wildman–Crippen LogP) is 1.21. The third-order valence-corrected chi connectivity index (χ3v) is 4.24. The lowest BCUT2D eigenvalue weighted by Gasteiger charge is -2.27. The first-order valence-corrected chi connectivity index (χ1v) is 7.62. The van der Waals surface area contributed by atoms with Gasteiger partial charge in [-0.15, -0.1) is 0 Å². The zero-order valence-corrected chi connectivity index (χ0v) is 11.9. The second-order valence-electron chi connectivity index (χ2n) is 4.67. The van der Waals surface area contributed by atoms with Gasteiger partial charge in [0, 0.05) is 24.9 Å². The first kappa shape index (κ1) is 15.9. The largest absolute Gasteiger partial charge is 0.375 e. The van der Waals surface area contributed by atoms with Gasteiger partial charge in [0.15, 0.2) is 9.84 Å². The van der Waals surface area contributed by atoms with Crippen molar-refractivity contribution in [2.75, 3.05) is 24.7 Å². The van der Waals surface area contributed by atoms with Gasteiger partial charge in [-0.1, -0.05) is 6.92 Å². The van der Waals surface area contributed by atoms with Crippen molar-refractivity contribution >= 4 is 9.84 Å². The van der Waals surface area contributed by atoms with Crippen molar-refractivity contribution in [2.24, 2.45) is 0 Å². The van der Waals surface area contributed by atoms with Gasteiger partial charge in [-0.25, -0.2) is 8.42 Å². The highest BCUT2D eigenvalue weighted by atomic mass is 32.2. The zero-order chi connectivity index (χ0) is 12.8. The van der Waals surface area contributed by atoms with Crippen molar-refractivity contribution in [2.45, 2.75) is 46.3 Å². The number of hydrogen-bond donors (Lipinski definition) is 1. The third-order valence-electron chi connectivity index (χ3n) is 2.36. The Bertz CT molecular complexity index is 286. The van der Waals surface area contributed by atoms with Crippen molar-refractivity contribution in [1.29, 1.82) is 0 Å². The van der Waals surface area contributed by atoms with E-state index in [-0.39, 0.29) is 23.1 Å². The summed E-state index contributed by atoms with van der Waals surface area (Å²) >= 11 is 0. The maximum atomic E-state index is 11.4. The van der Waals surface area contributed by atoms with Crippen LogP contribution in [0.5, 0.6) is 0 Å². The highest BCUT2D eigenvalue weighted by Crippen LogP contribution is 2.07. The van der Waals surface area contributed by atoms with Gasteiger partial charge in [-0.05, 0) is 27.7 Å². The van der Waals surface area contributed by atoms with E-state index in [1.54, 1.807) is 6.92 Å². The van der Waals surface area contributed by atoms with Crippen LogP contribution in [-0.2, 0) is 14.6 Å². The maximum absolute atomic E-state index is 11.4. The van der Waals surface area contributed by atoms with Crippen LogP contribution in [0.15, 0.2) is 0 Å². The molecule has 0 rings (SSSR count). The Hall–Kier alpha value is -0.130. The Kier molecular flexibility index (Phi) is 6.51. The Labute approximate surface area is 99.7 Å². The third kappa shape index (κ3) is 7.19. The molecule has 0 aliphatic rings. The minimum Gasteiger partial charge on any atom is -0.375 e. The van der Waals surface area contributed by atoms with E-state index in [0.29, 0.717) is 13.2 Å². The van der Waals surface area contributed by atoms with Crippen molar-refractivity contribution < 1.29 is 13.2 Å². The zero-order valence-electron chi connectivity index (χ0n) is 11.0. The summed E-state index contributed by atoms with van der Waals surface area (Å²) in [6, 6.07) is -0.0373. The van der Waals surface area contributed by atoms with Crippen LogP contribution in [0.25, 0.3) is 0 Å². The first-order chi connectivity index (χ1) is 7.22. The Morgan fingerprint density at radius 2 is 1.88 bits per heavy atom. The molecule has 0 aliphatic heterocycles. The second kappa shape index (κ2) is 6.57. The number of ether oxygens (including phenoxy) is 1. The van der Waals surface area contributed by atoms with Crippen molar-refractivity contribution in [1.82, 2.24) is 5.32 Å². The van der Waals surface area contributed by atoms with Gasteiger partial charge in [0.05, 0.1) is 11.4 Å². The van der Waals surface area contributed by atoms with Crippen LogP contribution in [0.1, 0.15) is 34.6 Å². The first-order valence-electron chi connectivity index (χ1n) is 5.80. The maximum Gasteiger partial charge on any atom is 0.151 e. The summed E-state index contributed by atoms with van der Waals surface area (Å²) in [5, 5.41) is 3.19. The summed E-state index contributed by atoms with van der Waals surface area (Å²) in [5.74, 6) is 0.388. The molecule has 0 bridgehead atoms. The molecule has 0 aromatic carbocycles. The minimum atomic E-state index is -2.90. The van der Waals surface area contributed by atoms with Crippen molar-refractivity contribution in [3.63, 3.8) is 0 Å². The topological polar surface area (TPSA) is 55.4 Å². The van der Waals surface area contributed by atoms with Gasteiger partial charge in [-0.3, -0.25) is 0 Å². The molecule has 1 unspecified atom stereocenters. The molecule has 0 aromatic rings. The Balaban J connectivity index is 4.03. The summed E-state index contributed by atoms with van der Waals surface area (Å²) in [5.41, 5.74) is -0.251. The number of sulfone groups is 1. The Morgan fingerprint density at radius 3 is 2.31 bits per heavy atom.